The van der Waals surface area contributed by atoms with Gasteiger partial charge in [-0.25, -0.2) is 4.39 Å². The van der Waals surface area contributed by atoms with E-state index in [2.05, 4.69) is 36.6 Å². The Labute approximate surface area is 274 Å². The van der Waals surface area contributed by atoms with Gasteiger partial charge in [-0.15, -0.1) is 0 Å². The first-order valence-corrected chi connectivity index (χ1v) is 16.3. The average molecular weight is 669 g/mol. The van der Waals surface area contributed by atoms with Crippen LogP contribution in [0.5, 0.6) is 0 Å². The number of hydrogen-bond donors (Lipinski definition) is 5. The van der Waals surface area contributed by atoms with Gasteiger partial charge < -0.3 is 21.3 Å². The lowest BCUT2D eigenvalue weighted by molar-refractivity contribution is -0.136. The maximum Gasteiger partial charge on any atom is 0.418 e. The van der Waals surface area contributed by atoms with Gasteiger partial charge in [0.15, 0.2) is 0 Å². The number of para-hydroxylation sites is 2. The van der Waals surface area contributed by atoms with Crippen molar-refractivity contribution in [3.8, 4) is 0 Å². The fourth-order valence-electron chi connectivity index (χ4n) is 8.01. The number of benzene rings is 2. The highest BCUT2D eigenvalue weighted by atomic mass is 19.4. The number of carbonyl (C=O) groups excluding carboxylic acids is 2. The number of aromatic amines is 1. The van der Waals surface area contributed by atoms with E-state index in [4.69, 9.17) is 0 Å². The molecule has 2 aromatic heterocycles. The predicted octanol–water partition coefficient (Wildman–Crippen LogP) is 3.93. The summed E-state index contributed by atoms with van der Waals surface area (Å²) in [7, 11) is 1.73. The van der Waals surface area contributed by atoms with E-state index in [1.165, 1.54) is 12.1 Å². The van der Waals surface area contributed by atoms with Crippen LogP contribution in [0.25, 0.3) is 21.8 Å². The minimum absolute atomic E-state index is 0.000414. The second-order valence-corrected chi connectivity index (χ2v) is 14.7. The van der Waals surface area contributed by atoms with Crippen molar-refractivity contribution in [2.75, 3.05) is 26.2 Å². The molecule has 2 aliphatic carbocycles. The highest BCUT2D eigenvalue weighted by Gasteiger charge is 2.58. The second kappa shape index (κ2) is 11.3. The van der Waals surface area contributed by atoms with Gasteiger partial charge in [0.1, 0.15) is 16.9 Å². The lowest BCUT2D eigenvalue weighted by atomic mass is 9.95. The Kier molecular flexibility index (Phi) is 7.62. The number of aryl methyl sites for hydroxylation is 1. The third-order valence-electron chi connectivity index (χ3n) is 10.6. The number of aromatic nitrogens is 4. The van der Waals surface area contributed by atoms with Crippen LogP contribution in [0.2, 0.25) is 0 Å². The van der Waals surface area contributed by atoms with Crippen molar-refractivity contribution in [1.29, 1.82) is 0 Å². The highest BCUT2D eigenvalue weighted by molar-refractivity contribution is 5.88. The Balaban J connectivity index is 0.000000152. The first-order valence-electron chi connectivity index (χ1n) is 16.3. The molecule has 10 nitrogen and oxygen atoms in total. The molecule has 4 aliphatic rings. The number of H-pyrrole nitrogens is 1. The Morgan fingerprint density at radius 2 is 1.33 bits per heavy atom. The van der Waals surface area contributed by atoms with Crippen LogP contribution in [0, 0.1) is 41.3 Å². The van der Waals surface area contributed by atoms with E-state index >= 15 is 0 Å². The molecule has 8 rings (SSSR count). The topological polar surface area (TPSA) is 129 Å². The third kappa shape index (κ3) is 5.52. The molecule has 2 saturated carbocycles. The third-order valence-corrected chi connectivity index (χ3v) is 10.6. The van der Waals surface area contributed by atoms with E-state index in [9.17, 15) is 27.2 Å². The van der Waals surface area contributed by atoms with Gasteiger partial charge in [-0.3, -0.25) is 19.4 Å². The molecule has 5 N–H and O–H groups in total. The summed E-state index contributed by atoms with van der Waals surface area (Å²) in [6.07, 6.45) is -4.47. The van der Waals surface area contributed by atoms with Crippen molar-refractivity contribution < 1.29 is 27.2 Å². The molecule has 2 aliphatic heterocycles. The Morgan fingerprint density at radius 3 is 1.90 bits per heavy atom. The highest BCUT2D eigenvalue weighted by Crippen LogP contribution is 2.50. The second-order valence-electron chi connectivity index (χ2n) is 14.7. The molecule has 2 amide bonds. The zero-order valence-electron chi connectivity index (χ0n) is 27.4. The van der Waals surface area contributed by atoms with Crippen molar-refractivity contribution in [2.24, 2.45) is 42.6 Å². The molecule has 2 saturated heterocycles. The van der Waals surface area contributed by atoms with E-state index in [0.29, 0.717) is 46.0 Å². The fourth-order valence-corrected chi connectivity index (χ4v) is 8.01. The predicted molar refractivity (Wildman–Crippen MR) is 171 cm³/mol. The number of fused-ring (bicyclic) bond motifs is 4. The first-order chi connectivity index (χ1) is 22.6. The summed E-state index contributed by atoms with van der Waals surface area (Å²) in [5.41, 5.74) is -0.748. The fraction of sp³-hybridized carbons (Fsp3) is 0.529. The molecular weight excluding hydrogens is 628 g/mol. The van der Waals surface area contributed by atoms with Gasteiger partial charge in [-0.1, -0.05) is 24.3 Å². The normalized spacial score (nSPS) is 26.1. The van der Waals surface area contributed by atoms with Crippen LogP contribution >= 0.6 is 0 Å². The lowest BCUT2D eigenvalue weighted by Gasteiger charge is -2.26. The van der Waals surface area contributed by atoms with Gasteiger partial charge in [0.05, 0.1) is 28.0 Å². The van der Waals surface area contributed by atoms with E-state index in [-0.39, 0.29) is 35.0 Å². The Hall–Kier alpha value is -4.04. The SMILES string of the molecule is CC(C)(NC(=O)C1C2CNCC21)c1[nH]nc2c(C(F)(F)F)cccc12.Cn1nc(C(C)(C)NC(=O)C2C3CNCC32)c2cccc(F)c21. The van der Waals surface area contributed by atoms with Crippen LogP contribution < -0.4 is 21.3 Å². The molecule has 4 atom stereocenters. The van der Waals surface area contributed by atoms with Crippen LogP contribution in [0.1, 0.15) is 44.6 Å². The molecule has 0 radical (unpaired) electrons. The number of hydrogen-bond acceptors (Lipinski definition) is 6. The van der Waals surface area contributed by atoms with Gasteiger partial charge in [-0.2, -0.15) is 23.4 Å². The van der Waals surface area contributed by atoms with Crippen LogP contribution in [0.3, 0.4) is 0 Å². The number of halogens is 4. The summed E-state index contributed by atoms with van der Waals surface area (Å²) in [4.78, 5) is 25.1. The van der Waals surface area contributed by atoms with Crippen LogP contribution in [0.15, 0.2) is 36.4 Å². The van der Waals surface area contributed by atoms with Gasteiger partial charge >= 0.3 is 6.18 Å². The summed E-state index contributed by atoms with van der Waals surface area (Å²) in [6.45, 7) is 11.0. The minimum atomic E-state index is -4.47. The maximum absolute atomic E-state index is 14.1. The summed E-state index contributed by atoms with van der Waals surface area (Å²) >= 11 is 0. The average Bonchev–Trinajstić information content (AvgIpc) is 3.46. The maximum atomic E-state index is 14.1. The summed E-state index contributed by atoms with van der Waals surface area (Å²) < 4.78 is 55.0. The number of piperidine rings is 2. The standard InChI is InChI=1S/C17H19F3N4O.C17H21FN4O/c1-16(2,22-15(25)12-9-6-21-7-10(9)12)14-8-4-3-5-11(17(18,19)20)13(8)23-24-14;1-17(2,20-16(23)13-10-7-19-8-11(10)13)15-9-5-4-6-12(18)14(9)22(3)21-15/h3-5,9-10,12,21H,6-7H2,1-2H3,(H,22,25)(H,23,24);4-6,10-11,13,19H,7-8H2,1-3H3,(H,20,23). The van der Waals surface area contributed by atoms with E-state index in [1.807, 2.05) is 19.9 Å². The van der Waals surface area contributed by atoms with Crippen molar-refractivity contribution >= 4 is 33.6 Å². The zero-order valence-corrected chi connectivity index (χ0v) is 27.4. The van der Waals surface area contributed by atoms with Crippen LogP contribution in [-0.4, -0.2) is 58.0 Å². The lowest BCUT2D eigenvalue weighted by Crippen LogP contribution is -2.43. The molecule has 0 bridgehead atoms. The van der Waals surface area contributed by atoms with Gasteiger partial charge in [0.25, 0.3) is 0 Å². The Bertz CT molecular complexity index is 1890. The molecule has 4 unspecified atom stereocenters. The Morgan fingerprint density at radius 1 is 0.812 bits per heavy atom. The number of nitrogens with zero attached hydrogens (tertiary/aromatic N) is 3. The first kappa shape index (κ1) is 32.5. The number of alkyl halides is 3. The number of nitrogens with one attached hydrogen (secondary N) is 5. The van der Waals surface area contributed by atoms with E-state index < -0.39 is 22.8 Å². The van der Waals surface area contributed by atoms with Crippen LogP contribution in [0.4, 0.5) is 17.6 Å². The molecule has 2 aromatic carbocycles. The van der Waals surface area contributed by atoms with Gasteiger partial charge in [0, 0.05) is 29.7 Å². The van der Waals surface area contributed by atoms with Crippen molar-refractivity contribution in [3.05, 3.63) is 59.2 Å². The van der Waals surface area contributed by atoms with Gasteiger partial charge in [-0.05, 0) is 89.7 Å². The van der Waals surface area contributed by atoms with Crippen LogP contribution in [-0.2, 0) is 33.9 Å². The molecule has 0 spiro atoms. The summed E-state index contributed by atoms with van der Waals surface area (Å²) in [6, 6.07) is 8.92. The molecule has 14 heteroatoms. The van der Waals surface area contributed by atoms with Crippen molar-refractivity contribution in [1.82, 2.24) is 41.2 Å². The largest absolute Gasteiger partial charge is 0.418 e. The smallest absolute Gasteiger partial charge is 0.345 e. The number of amides is 2. The quantitative estimate of drug-likeness (QED) is 0.198. The summed E-state index contributed by atoms with van der Waals surface area (Å²) in [5, 5.41) is 24.8. The zero-order chi connectivity index (χ0) is 34.3. The van der Waals surface area contributed by atoms with Crippen molar-refractivity contribution in [2.45, 2.75) is 44.9 Å². The van der Waals surface area contributed by atoms with E-state index in [1.54, 1.807) is 37.7 Å². The molecule has 48 heavy (non-hydrogen) atoms. The molecule has 4 fully saturated rings. The number of carbonyl (C=O) groups is 2. The summed E-state index contributed by atoms with van der Waals surface area (Å²) in [5.74, 6) is 1.57. The van der Waals surface area contributed by atoms with Gasteiger partial charge in [0.2, 0.25) is 11.8 Å². The minimum Gasteiger partial charge on any atom is -0.345 e. The molecule has 4 heterocycles. The molecule has 4 aromatic rings. The van der Waals surface area contributed by atoms with Crippen molar-refractivity contribution in [3.63, 3.8) is 0 Å². The van der Waals surface area contributed by atoms with E-state index in [0.717, 1.165) is 37.6 Å². The molecule has 256 valence electrons. The monoisotopic (exact) mass is 668 g/mol. The number of rotatable bonds is 6. The molecular formula is C34H40F4N8O2.